The Kier molecular flexibility index (Phi) is 8.14. The number of hydrogen-bond donors (Lipinski definition) is 1. The summed E-state index contributed by atoms with van der Waals surface area (Å²) in [5, 5.41) is 4.03. The Morgan fingerprint density at radius 2 is 1.74 bits per heavy atom. The molecule has 0 spiro atoms. The molecule has 0 fully saturated rings. The van der Waals surface area contributed by atoms with Gasteiger partial charge < -0.3 is 10.2 Å². The highest BCUT2D eigenvalue weighted by molar-refractivity contribution is 6.31. The zero-order valence-corrected chi connectivity index (χ0v) is 17.1. The van der Waals surface area contributed by atoms with E-state index in [1.807, 2.05) is 37.3 Å². The fourth-order valence-electron chi connectivity index (χ4n) is 2.67. The first-order chi connectivity index (χ1) is 12.9. The lowest BCUT2D eigenvalue weighted by Crippen LogP contribution is -2.48. The third-order valence-corrected chi connectivity index (χ3v) is 4.90. The van der Waals surface area contributed by atoms with Crippen molar-refractivity contribution >= 4 is 35.0 Å². The molecule has 2 amide bonds. The standard InChI is InChI=1S/C21H24Cl2N2O2/c1-3-12-24-21(27)15(2)25(14-16-8-10-18(22)11-9-16)20(26)13-17-6-4-5-7-19(17)23/h4-11,15H,3,12-14H2,1-2H3,(H,24,27). The second-order valence-corrected chi connectivity index (χ2v) is 7.23. The van der Waals surface area contributed by atoms with E-state index in [0.717, 1.165) is 17.5 Å². The van der Waals surface area contributed by atoms with Crippen LogP contribution in [0.2, 0.25) is 10.0 Å². The van der Waals surface area contributed by atoms with Crippen LogP contribution in [0.3, 0.4) is 0 Å². The van der Waals surface area contributed by atoms with Crippen molar-refractivity contribution in [2.75, 3.05) is 6.54 Å². The minimum Gasteiger partial charge on any atom is -0.354 e. The van der Waals surface area contributed by atoms with E-state index in [9.17, 15) is 9.59 Å². The van der Waals surface area contributed by atoms with Crippen LogP contribution in [0.25, 0.3) is 0 Å². The Morgan fingerprint density at radius 1 is 1.07 bits per heavy atom. The van der Waals surface area contributed by atoms with Crippen molar-refractivity contribution in [3.63, 3.8) is 0 Å². The number of nitrogens with one attached hydrogen (secondary N) is 1. The van der Waals surface area contributed by atoms with E-state index < -0.39 is 6.04 Å². The molecule has 27 heavy (non-hydrogen) atoms. The maximum absolute atomic E-state index is 13.0. The number of carbonyl (C=O) groups excluding carboxylic acids is 2. The molecule has 1 atom stereocenters. The average Bonchev–Trinajstić information content (AvgIpc) is 2.66. The van der Waals surface area contributed by atoms with Crippen molar-refractivity contribution in [2.45, 2.75) is 39.3 Å². The summed E-state index contributed by atoms with van der Waals surface area (Å²) in [6, 6.07) is 13.9. The van der Waals surface area contributed by atoms with Gasteiger partial charge in [-0.25, -0.2) is 0 Å². The summed E-state index contributed by atoms with van der Waals surface area (Å²) < 4.78 is 0. The van der Waals surface area contributed by atoms with E-state index in [2.05, 4.69) is 5.32 Å². The molecular weight excluding hydrogens is 383 g/mol. The number of nitrogens with zero attached hydrogens (tertiary/aromatic N) is 1. The zero-order valence-electron chi connectivity index (χ0n) is 15.5. The van der Waals surface area contributed by atoms with Crippen molar-refractivity contribution in [1.82, 2.24) is 10.2 Å². The second-order valence-electron chi connectivity index (χ2n) is 6.38. The summed E-state index contributed by atoms with van der Waals surface area (Å²) in [6.45, 7) is 4.63. The van der Waals surface area contributed by atoms with Crippen molar-refractivity contribution < 1.29 is 9.59 Å². The molecule has 2 aromatic carbocycles. The van der Waals surface area contributed by atoms with E-state index in [0.29, 0.717) is 23.1 Å². The summed E-state index contributed by atoms with van der Waals surface area (Å²) in [4.78, 5) is 27.1. The molecule has 0 bridgehead atoms. The highest BCUT2D eigenvalue weighted by Crippen LogP contribution is 2.19. The quantitative estimate of drug-likeness (QED) is 0.702. The number of amides is 2. The Labute approximate surface area is 170 Å². The lowest BCUT2D eigenvalue weighted by atomic mass is 10.1. The molecule has 0 radical (unpaired) electrons. The van der Waals surface area contributed by atoms with Gasteiger partial charge in [0.25, 0.3) is 0 Å². The van der Waals surface area contributed by atoms with Gasteiger partial charge in [0.2, 0.25) is 11.8 Å². The maximum Gasteiger partial charge on any atom is 0.242 e. The largest absolute Gasteiger partial charge is 0.354 e. The highest BCUT2D eigenvalue weighted by atomic mass is 35.5. The number of rotatable bonds is 8. The van der Waals surface area contributed by atoms with Gasteiger partial charge in [-0.2, -0.15) is 0 Å². The molecule has 1 N–H and O–H groups in total. The van der Waals surface area contributed by atoms with Gasteiger partial charge in [0.05, 0.1) is 6.42 Å². The third-order valence-electron chi connectivity index (χ3n) is 4.28. The predicted octanol–water partition coefficient (Wildman–Crippen LogP) is 4.48. The molecule has 4 nitrogen and oxygen atoms in total. The topological polar surface area (TPSA) is 49.4 Å². The van der Waals surface area contributed by atoms with Crippen LogP contribution < -0.4 is 5.32 Å². The van der Waals surface area contributed by atoms with Crippen molar-refractivity contribution in [1.29, 1.82) is 0 Å². The van der Waals surface area contributed by atoms with Crippen LogP contribution in [0.1, 0.15) is 31.4 Å². The van der Waals surface area contributed by atoms with Crippen LogP contribution in [-0.2, 0) is 22.6 Å². The summed E-state index contributed by atoms with van der Waals surface area (Å²) in [6.07, 6.45) is 0.974. The Balaban J connectivity index is 2.21. The minimum atomic E-state index is -0.595. The molecule has 2 rings (SSSR count). The lowest BCUT2D eigenvalue weighted by molar-refractivity contribution is -0.140. The number of hydrogen-bond acceptors (Lipinski definition) is 2. The predicted molar refractivity (Wildman–Crippen MR) is 110 cm³/mol. The molecule has 2 aromatic rings. The summed E-state index contributed by atoms with van der Waals surface area (Å²) in [5.41, 5.74) is 1.65. The van der Waals surface area contributed by atoms with Gasteiger partial charge in [-0.15, -0.1) is 0 Å². The summed E-state index contributed by atoms with van der Waals surface area (Å²) in [5.74, 6) is -0.324. The Morgan fingerprint density at radius 3 is 2.37 bits per heavy atom. The van der Waals surface area contributed by atoms with Crippen molar-refractivity contribution in [3.8, 4) is 0 Å². The van der Waals surface area contributed by atoms with Crippen LogP contribution in [0, 0.1) is 0 Å². The van der Waals surface area contributed by atoms with Crippen LogP contribution >= 0.6 is 23.2 Å². The van der Waals surface area contributed by atoms with Gasteiger partial charge in [0.15, 0.2) is 0 Å². The van der Waals surface area contributed by atoms with Crippen LogP contribution in [0.5, 0.6) is 0 Å². The molecular formula is C21H24Cl2N2O2. The van der Waals surface area contributed by atoms with Gasteiger partial charge in [0, 0.05) is 23.1 Å². The monoisotopic (exact) mass is 406 g/mol. The summed E-state index contributed by atoms with van der Waals surface area (Å²) >= 11 is 12.1. The van der Waals surface area contributed by atoms with Gasteiger partial charge in [0.1, 0.15) is 6.04 Å². The van der Waals surface area contributed by atoms with Gasteiger partial charge >= 0.3 is 0 Å². The van der Waals surface area contributed by atoms with Crippen molar-refractivity contribution in [2.24, 2.45) is 0 Å². The molecule has 0 aliphatic heterocycles. The van der Waals surface area contributed by atoms with Crippen molar-refractivity contribution in [3.05, 3.63) is 69.7 Å². The van der Waals surface area contributed by atoms with Gasteiger partial charge in [-0.1, -0.05) is 60.5 Å². The first kappa shape index (κ1) is 21.3. The molecule has 0 aliphatic rings. The normalized spacial score (nSPS) is 11.7. The number of carbonyl (C=O) groups is 2. The average molecular weight is 407 g/mol. The highest BCUT2D eigenvalue weighted by Gasteiger charge is 2.26. The van der Waals surface area contributed by atoms with Crippen LogP contribution in [0.4, 0.5) is 0 Å². The third kappa shape index (κ3) is 6.26. The first-order valence-electron chi connectivity index (χ1n) is 8.97. The Bertz CT molecular complexity index is 778. The molecule has 0 aliphatic carbocycles. The van der Waals surface area contributed by atoms with Gasteiger partial charge in [-0.3, -0.25) is 9.59 Å². The SMILES string of the molecule is CCCNC(=O)C(C)N(Cc1ccc(Cl)cc1)C(=O)Cc1ccccc1Cl. The van der Waals surface area contributed by atoms with E-state index in [1.165, 1.54) is 0 Å². The number of benzene rings is 2. The van der Waals surface area contributed by atoms with Crippen LogP contribution in [0.15, 0.2) is 48.5 Å². The molecule has 144 valence electrons. The second kappa shape index (κ2) is 10.3. The number of halogens is 2. The summed E-state index contributed by atoms with van der Waals surface area (Å²) in [7, 11) is 0. The molecule has 6 heteroatoms. The molecule has 0 saturated carbocycles. The lowest BCUT2D eigenvalue weighted by Gasteiger charge is -2.29. The van der Waals surface area contributed by atoms with Crippen LogP contribution in [-0.4, -0.2) is 29.3 Å². The van der Waals surface area contributed by atoms with E-state index in [1.54, 1.807) is 30.0 Å². The van der Waals surface area contributed by atoms with Gasteiger partial charge in [-0.05, 0) is 42.7 Å². The van der Waals surface area contributed by atoms with E-state index in [-0.39, 0.29) is 18.2 Å². The fraction of sp³-hybridized carbons (Fsp3) is 0.333. The fourth-order valence-corrected chi connectivity index (χ4v) is 3.00. The maximum atomic E-state index is 13.0. The smallest absolute Gasteiger partial charge is 0.242 e. The molecule has 1 unspecified atom stereocenters. The Hall–Kier alpha value is -2.04. The zero-order chi connectivity index (χ0) is 19.8. The first-order valence-corrected chi connectivity index (χ1v) is 9.73. The molecule has 0 saturated heterocycles. The molecule has 0 aromatic heterocycles. The minimum absolute atomic E-state index is 0.138. The van der Waals surface area contributed by atoms with E-state index in [4.69, 9.17) is 23.2 Å². The van der Waals surface area contributed by atoms with E-state index >= 15 is 0 Å². The molecule has 0 heterocycles.